The van der Waals surface area contributed by atoms with Crippen molar-refractivity contribution < 1.29 is 29.3 Å². The SMILES string of the molecule is C#CCC(NC(=O)C=CCC[C@@H](C)[C@H]1CC[C@H]2[C@@H]3CC[C@@H]4C[C@H](O)CC[C@]4(C)[C@H]3CC(O)[C@]12C)NC(=O)OCCOCCN=[N+]=[N-]. The van der Waals surface area contributed by atoms with Crippen LogP contribution in [0.5, 0.6) is 0 Å². The highest BCUT2D eigenvalue weighted by atomic mass is 16.6. The summed E-state index contributed by atoms with van der Waals surface area (Å²) in [5, 5.41) is 30.8. The third-order valence-corrected chi connectivity index (χ3v) is 12.4. The third-order valence-electron chi connectivity index (χ3n) is 12.4. The van der Waals surface area contributed by atoms with Gasteiger partial charge in [-0.2, -0.15) is 0 Å². The monoisotopic (exact) mass is 641 g/mol. The molecule has 0 heterocycles. The van der Waals surface area contributed by atoms with E-state index in [1.54, 1.807) is 0 Å². The molecule has 4 saturated carbocycles. The molecule has 0 aromatic heterocycles. The number of allylic oxidation sites excluding steroid dienone is 1. The molecule has 4 aliphatic rings. The van der Waals surface area contributed by atoms with Gasteiger partial charge in [-0.1, -0.05) is 32.0 Å². The van der Waals surface area contributed by atoms with Gasteiger partial charge in [0.05, 0.1) is 25.4 Å². The Bertz CT molecular complexity index is 1170. The number of hydrogen-bond donors (Lipinski definition) is 4. The number of terminal acetylenes is 1. The minimum absolute atomic E-state index is 0.000810. The number of azide groups is 1. The molecule has 0 saturated heterocycles. The Kier molecular flexibility index (Phi) is 12.8. The fourth-order valence-corrected chi connectivity index (χ4v) is 10.0. The number of aliphatic hydroxyl groups is 2. The lowest BCUT2D eigenvalue weighted by atomic mass is 9.43. The molecule has 0 bridgehead atoms. The van der Waals surface area contributed by atoms with Crippen LogP contribution in [0.3, 0.4) is 0 Å². The lowest BCUT2D eigenvalue weighted by Crippen LogP contribution is -2.58. The van der Waals surface area contributed by atoms with Crippen molar-refractivity contribution in [2.24, 2.45) is 51.5 Å². The molecule has 0 aromatic carbocycles. The van der Waals surface area contributed by atoms with Crippen molar-refractivity contribution in [3.8, 4) is 12.3 Å². The molecule has 11 nitrogen and oxygen atoms in total. The van der Waals surface area contributed by atoms with Crippen molar-refractivity contribution in [1.82, 2.24) is 10.6 Å². The number of aliphatic hydroxyl groups excluding tert-OH is 2. The van der Waals surface area contributed by atoms with Gasteiger partial charge in [-0.05, 0) is 122 Å². The van der Waals surface area contributed by atoms with Crippen LogP contribution in [0.2, 0.25) is 0 Å². The Morgan fingerprint density at radius 2 is 1.91 bits per heavy atom. The lowest BCUT2D eigenvalue weighted by molar-refractivity contribution is -0.174. The number of ether oxygens (including phenoxy) is 2. The van der Waals surface area contributed by atoms with Crippen LogP contribution in [0.1, 0.15) is 91.4 Å². The fourth-order valence-electron chi connectivity index (χ4n) is 10.0. The minimum Gasteiger partial charge on any atom is -0.447 e. The van der Waals surface area contributed by atoms with Gasteiger partial charge >= 0.3 is 6.09 Å². The zero-order valence-electron chi connectivity index (χ0n) is 27.9. The highest BCUT2D eigenvalue weighted by Crippen LogP contribution is 2.68. The van der Waals surface area contributed by atoms with Crippen molar-refractivity contribution >= 4 is 12.0 Å². The van der Waals surface area contributed by atoms with Gasteiger partial charge in [0.15, 0.2) is 0 Å². The Morgan fingerprint density at radius 1 is 1.11 bits per heavy atom. The molecule has 46 heavy (non-hydrogen) atoms. The van der Waals surface area contributed by atoms with E-state index < -0.39 is 12.3 Å². The van der Waals surface area contributed by atoms with Gasteiger partial charge in [-0.25, -0.2) is 4.79 Å². The summed E-state index contributed by atoms with van der Waals surface area (Å²) in [7, 11) is 0. The average Bonchev–Trinajstić information content (AvgIpc) is 3.38. The van der Waals surface area contributed by atoms with Crippen LogP contribution in [0.15, 0.2) is 17.3 Å². The molecular weight excluding hydrogens is 586 g/mol. The van der Waals surface area contributed by atoms with Crippen molar-refractivity contribution in [2.75, 3.05) is 26.4 Å². The number of amides is 2. The quantitative estimate of drug-likeness (QED) is 0.0373. The highest BCUT2D eigenvalue weighted by Gasteiger charge is 2.63. The van der Waals surface area contributed by atoms with Crippen LogP contribution in [-0.2, 0) is 14.3 Å². The van der Waals surface area contributed by atoms with Gasteiger partial charge in [-0.15, -0.1) is 12.3 Å². The van der Waals surface area contributed by atoms with Crippen LogP contribution < -0.4 is 10.6 Å². The fraction of sp³-hybridized carbons (Fsp3) is 0.829. The van der Waals surface area contributed by atoms with E-state index in [4.69, 9.17) is 21.4 Å². The van der Waals surface area contributed by atoms with Gasteiger partial charge < -0.3 is 30.3 Å². The molecule has 0 radical (unpaired) electrons. The lowest BCUT2D eigenvalue weighted by Gasteiger charge is -2.62. The van der Waals surface area contributed by atoms with E-state index in [0.29, 0.717) is 35.5 Å². The largest absolute Gasteiger partial charge is 0.447 e. The number of carbonyl (C=O) groups excluding carboxylic acids is 2. The maximum absolute atomic E-state index is 12.6. The summed E-state index contributed by atoms with van der Waals surface area (Å²) >= 11 is 0. The van der Waals surface area contributed by atoms with E-state index in [2.05, 4.69) is 47.4 Å². The van der Waals surface area contributed by atoms with Gasteiger partial charge in [0.25, 0.3) is 0 Å². The number of carbonyl (C=O) groups is 2. The van der Waals surface area contributed by atoms with E-state index >= 15 is 0 Å². The predicted octanol–water partition coefficient (Wildman–Crippen LogP) is 5.47. The normalized spacial score (nSPS) is 36.2. The molecular formula is C35H55N5O6. The van der Waals surface area contributed by atoms with Gasteiger partial charge in [0.1, 0.15) is 12.8 Å². The zero-order chi connectivity index (χ0) is 33.3. The summed E-state index contributed by atoms with van der Waals surface area (Å²) < 4.78 is 10.2. The van der Waals surface area contributed by atoms with Crippen molar-refractivity contribution in [3.05, 3.63) is 22.6 Å². The minimum atomic E-state index is -0.776. The molecule has 2 unspecified atom stereocenters. The van der Waals surface area contributed by atoms with E-state index in [9.17, 15) is 19.8 Å². The van der Waals surface area contributed by atoms with Crippen molar-refractivity contribution in [2.45, 2.75) is 110 Å². The van der Waals surface area contributed by atoms with Gasteiger partial charge in [-0.3, -0.25) is 4.79 Å². The molecule has 0 aromatic rings. The molecule has 0 aliphatic heterocycles. The van der Waals surface area contributed by atoms with Crippen LogP contribution in [0, 0.1) is 58.7 Å². The number of nitrogens with zero attached hydrogens (tertiary/aromatic N) is 3. The van der Waals surface area contributed by atoms with E-state index in [-0.39, 0.29) is 61.7 Å². The third kappa shape index (κ3) is 8.20. The Labute approximate surface area is 274 Å². The van der Waals surface area contributed by atoms with E-state index in [1.165, 1.54) is 25.3 Å². The first-order valence-corrected chi connectivity index (χ1v) is 17.3. The first-order chi connectivity index (χ1) is 22.0. The molecule has 11 heteroatoms. The number of alkyl carbamates (subject to hydrolysis) is 1. The summed E-state index contributed by atoms with van der Waals surface area (Å²) in [4.78, 5) is 27.3. The van der Waals surface area contributed by atoms with Crippen molar-refractivity contribution in [3.63, 3.8) is 0 Å². The van der Waals surface area contributed by atoms with Gasteiger partial charge in [0.2, 0.25) is 5.91 Å². The predicted molar refractivity (Wildman–Crippen MR) is 175 cm³/mol. The van der Waals surface area contributed by atoms with Crippen LogP contribution in [0.4, 0.5) is 4.79 Å². The summed E-state index contributed by atoms with van der Waals surface area (Å²) in [5.41, 5.74) is 8.39. The van der Waals surface area contributed by atoms with E-state index in [1.807, 2.05) is 6.08 Å². The van der Waals surface area contributed by atoms with Gasteiger partial charge in [0, 0.05) is 17.9 Å². The summed E-state index contributed by atoms with van der Waals surface area (Å²) in [6.07, 6.45) is 17.1. The Balaban J connectivity index is 1.23. The second-order valence-corrected chi connectivity index (χ2v) is 14.7. The zero-order valence-corrected chi connectivity index (χ0v) is 27.9. The summed E-state index contributed by atoms with van der Waals surface area (Å²) in [5.74, 6) is 5.29. The first kappa shape index (κ1) is 36.1. The number of hydrogen-bond acceptors (Lipinski definition) is 7. The number of nitrogens with one attached hydrogen (secondary N) is 2. The molecule has 4 N–H and O–H groups in total. The average molecular weight is 642 g/mol. The summed E-state index contributed by atoms with van der Waals surface area (Å²) in [6.45, 7) is 7.69. The van der Waals surface area contributed by atoms with E-state index in [0.717, 1.165) is 44.9 Å². The maximum atomic E-state index is 12.6. The Hall–Kier alpha value is -2.77. The van der Waals surface area contributed by atoms with Crippen LogP contribution >= 0.6 is 0 Å². The Morgan fingerprint density at radius 3 is 2.67 bits per heavy atom. The molecule has 4 aliphatic carbocycles. The molecule has 11 atom stereocenters. The molecule has 4 fully saturated rings. The summed E-state index contributed by atoms with van der Waals surface area (Å²) in [6, 6.07) is 0. The van der Waals surface area contributed by atoms with Crippen molar-refractivity contribution in [1.29, 1.82) is 0 Å². The second-order valence-electron chi connectivity index (χ2n) is 14.7. The standard InChI is InChI=1S/C35H55N5O6/c1-5-8-31(39-33(44)46-20-19-45-18-17-37-40-36)38-32(43)10-7-6-9-23(2)27-13-14-28-26-12-11-24-21-25(41)15-16-34(24,3)29(26)22-30(42)35(27,28)4/h1,7,10,23-31,41-42H,6,8-9,11-22H2,2-4H3,(H,38,43)(H,39,44)/t23-,24-,25-,26+,27-,28+,29+,30?,31?,34+,35-/m1/s1. The maximum Gasteiger partial charge on any atom is 0.408 e. The molecule has 0 spiro atoms. The first-order valence-electron chi connectivity index (χ1n) is 17.3. The molecule has 256 valence electrons. The molecule has 4 rings (SSSR count). The highest BCUT2D eigenvalue weighted by molar-refractivity contribution is 5.88. The number of fused-ring (bicyclic) bond motifs is 5. The smallest absolute Gasteiger partial charge is 0.408 e. The topological polar surface area (TPSA) is 166 Å². The molecule has 2 amide bonds. The number of rotatable bonds is 14. The van der Waals surface area contributed by atoms with Crippen LogP contribution in [0.25, 0.3) is 10.4 Å². The van der Waals surface area contributed by atoms with Crippen LogP contribution in [-0.4, -0.2) is 67.0 Å². The second kappa shape index (κ2) is 16.4.